The van der Waals surface area contributed by atoms with Crippen LogP contribution in [0.4, 0.5) is 0 Å². The third-order valence-electron chi connectivity index (χ3n) is 6.33. The van der Waals surface area contributed by atoms with Crippen molar-refractivity contribution in [1.82, 2.24) is 30.0 Å². The van der Waals surface area contributed by atoms with Gasteiger partial charge in [0.05, 0.1) is 29.1 Å². The Morgan fingerprint density at radius 2 is 1.51 bits per heavy atom. The molecule has 2 aromatic heterocycles. The van der Waals surface area contributed by atoms with Crippen LogP contribution in [0.1, 0.15) is 24.1 Å². The normalized spacial score (nSPS) is 17.2. The molecule has 0 bridgehead atoms. The number of H-pyrrole nitrogens is 1. The highest BCUT2D eigenvalue weighted by atomic mass is 35.5. The number of thioether (sulfide) groups is 1. The molecule has 2 aromatic carbocycles. The molecule has 1 fully saturated rings. The van der Waals surface area contributed by atoms with E-state index in [0.29, 0.717) is 5.65 Å². The number of aliphatic hydroxyl groups excluding tert-OH is 1. The highest BCUT2D eigenvalue weighted by molar-refractivity contribution is 8.00. The topological polar surface area (TPSA) is 81.2 Å². The van der Waals surface area contributed by atoms with Crippen LogP contribution in [0.2, 0.25) is 10.0 Å². The number of rotatable bonds is 7. The summed E-state index contributed by atoms with van der Waals surface area (Å²) in [5.41, 5.74) is 2.78. The molecule has 0 aliphatic carbocycles. The van der Waals surface area contributed by atoms with E-state index in [4.69, 9.17) is 23.2 Å². The Balaban J connectivity index is 1.37. The molecule has 0 amide bonds. The zero-order valence-corrected chi connectivity index (χ0v) is 21.5. The minimum absolute atomic E-state index is 0.0513. The van der Waals surface area contributed by atoms with Gasteiger partial charge in [-0.1, -0.05) is 71.4 Å². The van der Waals surface area contributed by atoms with Gasteiger partial charge in [0.25, 0.3) is 0 Å². The summed E-state index contributed by atoms with van der Waals surface area (Å²) in [6.45, 7) is 5.00. The maximum absolute atomic E-state index is 10.7. The van der Waals surface area contributed by atoms with Crippen molar-refractivity contribution >= 4 is 46.0 Å². The van der Waals surface area contributed by atoms with E-state index in [0.717, 1.165) is 57.8 Å². The van der Waals surface area contributed by atoms with Crippen LogP contribution in [-0.2, 0) is 0 Å². The number of benzene rings is 2. The SMILES string of the molecule is CC(O)C(Sc1ncnc2[nH]ncc12)N1CCN(C(c2ccccc2Cl)c2ccccc2Cl)CC1. The molecule has 182 valence electrons. The molecule has 3 heterocycles. The highest BCUT2D eigenvalue weighted by Crippen LogP contribution is 2.38. The molecule has 2 atom stereocenters. The average Bonchev–Trinajstić information content (AvgIpc) is 3.35. The molecule has 2 unspecified atom stereocenters. The number of aromatic amines is 1. The molecule has 4 aromatic rings. The second-order valence-electron chi connectivity index (χ2n) is 8.58. The van der Waals surface area contributed by atoms with E-state index in [-0.39, 0.29) is 11.4 Å². The summed E-state index contributed by atoms with van der Waals surface area (Å²) in [7, 11) is 0. The Kier molecular flexibility index (Phi) is 7.57. The smallest absolute Gasteiger partial charge is 0.159 e. The molecule has 35 heavy (non-hydrogen) atoms. The van der Waals surface area contributed by atoms with Gasteiger partial charge in [0.2, 0.25) is 0 Å². The first-order chi connectivity index (χ1) is 17.0. The lowest BCUT2D eigenvalue weighted by Gasteiger charge is -2.43. The lowest BCUT2D eigenvalue weighted by Crippen LogP contribution is -2.53. The van der Waals surface area contributed by atoms with E-state index in [1.54, 1.807) is 18.0 Å². The number of halogens is 2. The van der Waals surface area contributed by atoms with E-state index in [2.05, 4.69) is 42.1 Å². The van der Waals surface area contributed by atoms with Gasteiger partial charge in [-0.2, -0.15) is 5.10 Å². The Bertz CT molecular complexity index is 1250. The van der Waals surface area contributed by atoms with Crippen LogP contribution in [0.25, 0.3) is 11.0 Å². The predicted octanol–water partition coefficient (Wildman–Crippen LogP) is 4.87. The number of aliphatic hydroxyl groups is 1. The Morgan fingerprint density at radius 3 is 2.11 bits per heavy atom. The summed E-state index contributed by atoms with van der Waals surface area (Å²) < 4.78 is 0. The van der Waals surface area contributed by atoms with E-state index in [1.807, 2.05) is 43.3 Å². The fourth-order valence-electron chi connectivity index (χ4n) is 4.63. The van der Waals surface area contributed by atoms with Gasteiger partial charge in [-0.05, 0) is 30.2 Å². The molecule has 2 N–H and O–H groups in total. The fraction of sp³-hybridized carbons (Fsp3) is 0.320. The van der Waals surface area contributed by atoms with Crippen molar-refractivity contribution in [2.75, 3.05) is 26.2 Å². The van der Waals surface area contributed by atoms with Crippen molar-refractivity contribution in [2.45, 2.75) is 29.5 Å². The first-order valence-corrected chi connectivity index (χ1v) is 13.1. The second kappa shape index (κ2) is 10.8. The third-order valence-corrected chi connectivity index (χ3v) is 8.50. The molecule has 5 rings (SSSR count). The molecular weight excluding hydrogens is 503 g/mol. The molecule has 7 nitrogen and oxygen atoms in total. The van der Waals surface area contributed by atoms with Crippen LogP contribution < -0.4 is 0 Å². The van der Waals surface area contributed by atoms with Crippen LogP contribution in [0, 0.1) is 0 Å². The third kappa shape index (κ3) is 5.18. The first kappa shape index (κ1) is 24.5. The summed E-state index contributed by atoms with van der Waals surface area (Å²) in [6.07, 6.45) is 2.70. The van der Waals surface area contributed by atoms with Gasteiger partial charge in [0, 0.05) is 36.2 Å². The number of hydrogen-bond donors (Lipinski definition) is 2. The van der Waals surface area contributed by atoms with Crippen molar-refractivity contribution in [3.05, 3.63) is 82.2 Å². The number of fused-ring (bicyclic) bond motifs is 1. The zero-order chi connectivity index (χ0) is 24.4. The summed E-state index contributed by atoms with van der Waals surface area (Å²) >= 11 is 14.9. The molecule has 10 heteroatoms. The summed E-state index contributed by atoms with van der Waals surface area (Å²) in [5, 5.41) is 20.6. The van der Waals surface area contributed by atoms with Crippen molar-refractivity contribution in [2.24, 2.45) is 0 Å². The Morgan fingerprint density at radius 1 is 0.914 bits per heavy atom. The van der Waals surface area contributed by atoms with Gasteiger partial charge in [0.1, 0.15) is 11.4 Å². The molecule has 1 saturated heterocycles. The Labute approximate surface area is 218 Å². The van der Waals surface area contributed by atoms with Crippen molar-refractivity contribution in [3.63, 3.8) is 0 Å². The van der Waals surface area contributed by atoms with Gasteiger partial charge in [-0.3, -0.25) is 14.9 Å². The van der Waals surface area contributed by atoms with E-state index >= 15 is 0 Å². The van der Waals surface area contributed by atoms with E-state index in [9.17, 15) is 5.11 Å². The summed E-state index contributed by atoms with van der Waals surface area (Å²) in [6, 6.07) is 15.9. The van der Waals surface area contributed by atoms with Crippen LogP contribution in [0.5, 0.6) is 0 Å². The van der Waals surface area contributed by atoms with Crippen molar-refractivity contribution < 1.29 is 5.11 Å². The summed E-state index contributed by atoms with van der Waals surface area (Å²) in [4.78, 5) is 13.4. The number of aromatic nitrogens is 4. The fourth-order valence-corrected chi connectivity index (χ4v) is 6.28. The molecule has 1 aliphatic rings. The lowest BCUT2D eigenvalue weighted by atomic mass is 9.96. The van der Waals surface area contributed by atoms with Crippen LogP contribution in [0.15, 0.2) is 66.1 Å². The molecule has 1 aliphatic heterocycles. The van der Waals surface area contributed by atoms with Crippen LogP contribution in [0.3, 0.4) is 0 Å². The number of nitrogens with zero attached hydrogens (tertiary/aromatic N) is 5. The van der Waals surface area contributed by atoms with Gasteiger partial charge in [-0.25, -0.2) is 9.97 Å². The minimum Gasteiger partial charge on any atom is -0.391 e. The van der Waals surface area contributed by atoms with Crippen LogP contribution >= 0.6 is 35.0 Å². The molecule has 0 radical (unpaired) electrons. The first-order valence-electron chi connectivity index (χ1n) is 11.5. The maximum atomic E-state index is 10.7. The number of hydrogen-bond acceptors (Lipinski definition) is 7. The number of nitrogens with one attached hydrogen (secondary N) is 1. The standard InChI is InChI=1S/C25H26Cl2N6OS/c1-16(34)25(35-24-19-14-30-31-23(19)28-15-29-24)33-12-10-32(11-13-33)22(17-6-2-4-8-20(17)26)18-7-3-5-9-21(18)27/h2-9,14-16,22,25,34H,10-13H2,1H3,(H,28,29,30,31). The van der Waals surface area contributed by atoms with Crippen molar-refractivity contribution in [3.8, 4) is 0 Å². The predicted molar refractivity (Wildman–Crippen MR) is 141 cm³/mol. The lowest BCUT2D eigenvalue weighted by molar-refractivity contribution is 0.0555. The van der Waals surface area contributed by atoms with E-state index < -0.39 is 6.10 Å². The van der Waals surface area contributed by atoms with Gasteiger partial charge < -0.3 is 5.11 Å². The van der Waals surface area contributed by atoms with E-state index in [1.165, 1.54) is 6.33 Å². The second-order valence-corrected chi connectivity index (χ2v) is 10.5. The quantitative estimate of drug-likeness (QED) is 0.261. The average molecular weight is 529 g/mol. The molecule has 0 spiro atoms. The molecular formula is C25H26Cl2N6OS. The number of piperazine rings is 1. The van der Waals surface area contributed by atoms with Crippen LogP contribution in [-0.4, -0.2) is 72.7 Å². The van der Waals surface area contributed by atoms with Gasteiger partial charge in [0.15, 0.2) is 5.65 Å². The molecule has 0 saturated carbocycles. The maximum Gasteiger partial charge on any atom is 0.159 e. The van der Waals surface area contributed by atoms with Crippen molar-refractivity contribution in [1.29, 1.82) is 0 Å². The highest BCUT2D eigenvalue weighted by Gasteiger charge is 2.33. The van der Waals surface area contributed by atoms with Gasteiger partial charge in [-0.15, -0.1) is 0 Å². The monoisotopic (exact) mass is 528 g/mol. The largest absolute Gasteiger partial charge is 0.391 e. The Hall–Kier alpha value is -2.20. The summed E-state index contributed by atoms with van der Waals surface area (Å²) in [5.74, 6) is 0. The zero-order valence-electron chi connectivity index (χ0n) is 19.2. The van der Waals surface area contributed by atoms with Gasteiger partial charge >= 0.3 is 0 Å². The minimum atomic E-state index is -0.550.